The van der Waals surface area contributed by atoms with Crippen molar-refractivity contribution in [2.24, 2.45) is 0 Å². The number of hydrogen-bond acceptors (Lipinski definition) is 4. The molecule has 4 heteroatoms. The fraction of sp³-hybridized carbons (Fsp3) is 0. The fourth-order valence-corrected chi connectivity index (χ4v) is 2.07. The summed E-state index contributed by atoms with van der Waals surface area (Å²) in [5, 5.41) is 3.69. The third kappa shape index (κ3) is 2.96. The van der Waals surface area contributed by atoms with Gasteiger partial charge >= 0.3 is 5.63 Å². The maximum absolute atomic E-state index is 12.1. The molecule has 3 aromatic rings. The van der Waals surface area contributed by atoms with Crippen LogP contribution in [0.1, 0.15) is 10.4 Å². The van der Waals surface area contributed by atoms with Gasteiger partial charge in [0.2, 0.25) is 0 Å². The average molecular weight is 291 g/mol. The molecule has 0 atom stereocenters. The summed E-state index contributed by atoms with van der Waals surface area (Å²) >= 11 is 0. The Morgan fingerprint density at radius 2 is 1.73 bits per heavy atom. The number of nitrogens with one attached hydrogen (secondary N) is 1. The second-order valence-electron chi connectivity index (χ2n) is 4.69. The Morgan fingerprint density at radius 3 is 2.55 bits per heavy atom. The van der Waals surface area contributed by atoms with E-state index in [-0.39, 0.29) is 5.56 Å². The number of rotatable bonds is 4. The zero-order chi connectivity index (χ0) is 15.4. The van der Waals surface area contributed by atoms with Crippen molar-refractivity contribution in [2.45, 2.75) is 0 Å². The van der Waals surface area contributed by atoms with Gasteiger partial charge in [-0.3, -0.25) is 4.79 Å². The number of allylic oxidation sites excluding steroid dienone is 1. The molecular formula is C18H13NO3. The summed E-state index contributed by atoms with van der Waals surface area (Å²) < 4.78 is 5.15. The Hall–Kier alpha value is -3.14. The second-order valence-corrected chi connectivity index (χ2v) is 4.69. The van der Waals surface area contributed by atoms with E-state index in [9.17, 15) is 9.59 Å². The van der Waals surface area contributed by atoms with E-state index in [1.54, 1.807) is 24.3 Å². The highest BCUT2D eigenvalue weighted by Crippen LogP contribution is 2.13. The van der Waals surface area contributed by atoms with E-state index in [2.05, 4.69) is 5.32 Å². The normalized spacial score (nSPS) is 10.9. The maximum atomic E-state index is 12.1. The highest BCUT2D eigenvalue weighted by atomic mass is 16.4. The van der Waals surface area contributed by atoms with Gasteiger partial charge in [0, 0.05) is 23.3 Å². The van der Waals surface area contributed by atoms with Crippen molar-refractivity contribution in [1.82, 2.24) is 0 Å². The minimum absolute atomic E-state index is 0.0183. The standard InChI is InChI=1S/C18H13NO3/c20-16(10-11-19-14-7-2-1-3-8-14)15-12-13-6-4-5-9-17(13)22-18(15)21/h1-12,19H/b11-10+. The van der Waals surface area contributed by atoms with Crippen LogP contribution < -0.4 is 10.9 Å². The first-order valence-corrected chi connectivity index (χ1v) is 6.79. The first kappa shape index (κ1) is 13.8. The van der Waals surface area contributed by atoms with Crippen LogP contribution in [0.3, 0.4) is 0 Å². The van der Waals surface area contributed by atoms with Gasteiger partial charge < -0.3 is 9.73 Å². The van der Waals surface area contributed by atoms with Crippen LogP contribution in [-0.4, -0.2) is 5.78 Å². The molecule has 0 fully saturated rings. The summed E-state index contributed by atoms with van der Waals surface area (Å²) in [4.78, 5) is 24.0. The lowest BCUT2D eigenvalue weighted by Crippen LogP contribution is -2.12. The van der Waals surface area contributed by atoms with E-state index in [1.165, 1.54) is 12.3 Å². The number of para-hydroxylation sites is 2. The zero-order valence-electron chi connectivity index (χ0n) is 11.7. The lowest BCUT2D eigenvalue weighted by atomic mass is 10.1. The summed E-state index contributed by atoms with van der Waals surface area (Å²) in [5.41, 5.74) is 0.713. The largest absolute Gasteiger partial charge is 0.422 e. The molecule has 4 nitrogen and oxygen atoms in total. The SMILES string of the molecule is O=C(/C=C/Nc1ccccc1)c1cc2ccccc2oc1=O. The van der Waals surface area contributed by atoms with Crippen LogP contribution in [0.25, 0.3) is 11.0 Å². The minimum Gasteiger partial charge on any atom is -0.422 e. The number of anilines is 1. The number of ketones is 1. The van der Waals surface area contributed by atoms with Crippen LogP contribution in [0.5, 0.6) is 0 Å². The minimum atomic E-state index is -0.631. The monoisotopic (exact) mass is 291 g/mol. The number of benzene rings is 2. The zero-order valence-corrected chi connectivity index (χ0v) is 11.7. The Labute approximate surface area is 126 Å². The second kappa shape index (κ2) is 6.10. The summed E-state index contributed by atoms with van der Waals surface area (Å²) in [7, 11) is 0. The Kier molecular flexibility index (Phi) is 3.83. The van der Waals surface area contributed by atoms with Crippen LogP contribution in [0.4, 0.5) is 5.69 Å². The van der Waals surface area contributed by atoms with Gasteiger partial charge in [0.25, 0.3) is 0 Å². The molecule has 0 aliphatic rings. The van der Waals surface area contributed by atoms with Gasteiger partial charge in [-0.2, -0.15) is 0 Å². The average Bonchev–Trinajstić information content (AvgIpc) is 2.55. The molecule has 3 rings (SSSR count). The van der Waals surface area contributed by atoms with Crippen LogP contribution >= 0.6 is 0 Å². The summed E-state index contributed by atoms with van der Waals surface area (Å²) in [6.45, 7) is 0. The molecule has 22 heavy (non-hydrogen) atoms. The molecule has 0 aliphatic carbocycles. The summed E-state index contributed by atoms with van der Waals surface area (Å²) in [5.74, 6) is -0.400. The molecule has 0 radical (unpaired) electrons. The molecule has 1 N–H and O–H groups in total. The molecule has 2 aromatic carbocycles. The van der Waals surface area contributed by atoms with E-state index >= 15 is 0 Å². The predicted octanol–water partition coefficient (Wildman–Crippen LogP) is 3.60. The van der Waals surface area contributed by atoms with Crippen molar-refractivity contribution in [3.63, 3.8) is 0 Å². The van der Waals surface area contributed by atoms with Crippen molar-refractivity contribution in [2.75, 3.05) is 5.32 Å². The Morgan fingerprint density at radius 1 is 1.00 bits per heavy atom. The van der Waals surface area contributed by atoms with Crippen molar-refractivity contribution >= 4 is 22.4 Å². The van der Waals surface area contributed by atoms with Crippen molar-refractivity contribution in [1.29, 1.82) is 0 Å². The fourth-order valence-electron chi connectivity index (χ4n) is 2.07. The molecule has 1 aromatic heterocycles. The van der Waals surface area contributed by atoms with Gasteiger partial charge in [-0.25, -0.2) is 4.79 Å². The lowest BCUT2D eigenvalue weighted by molar-refractivity contribution is 0.104. The first-order chi connectivity index (χ1) is 10.7. The van der Waals surface area contributed by atoms with Crippen molar-refractivity contribution in [3.05, 3.63) is 88.9 Å². The van der Waals surface area contributed by atoms with E-state index in [0.29, 0.717) is 5.58 Å². The first-order valence-electron chi connectivity index (χ1n) is 6.79. The van der Waals surface area contributed by atoms with E-state index in [4.69, 9.17) is 4.42 Å². The molecule has 1 heterocycles. The van der Waals surface area contributed by atoms with E-state index in [0.717, 1.165) is 11.1 Å². The van der Waals surface area contributed by atoms with Crippen LogP contribution in [0.15, 0.2) is 82.2 Å². The Balaban J connectivity index is 1.83. The molecule has 0 unspecified atom stereocenters. The van der Waals surface area contributed by atoms with E-state index < -0.39 is 11.4 Å². The van der Waals surface area contributed by atoms with Gasteiger partial charge in [0.1, 0.15) is 11.1 Å². The molecule has 0 saturated heterocycles. The molecule has 108 valence electrons. The van der Waals surface area contributed by atoms with Gasteiger partial charge in [0.15, 0.2) is 5.78 Å². The Bertz CT molecular complexity index is 895. The maximum Gasteiger partial charge on any atom is 0.347 e. The molecule has 0 aliphatic heterocycles. The quantitative estimate of drug-likeness (QED) is 0.453. The van der Waals surface area contributed by atoms with Gasteiger partial charge in [-0.05, 0) is 24.3 Å². The lowest BCUT2D eigenvalue weighted by Gasteiger charge is -2.00. The molecule has 0 saturated carbocycles. The van der Waals surface area contributed by atoms with Gasteiger partial charge in [0.05, 0.1) is 0 Å². The van der Waals surface area contributed by atoms with Gasteiger partial charge in [-0.15, -0.1) is 0 Å². The summed E-state index contributed by atoms with van der Waals surface area (Å²) in [6, 6.07) is 18.1. The number of hydrogen-bond donors (Lipinski definition) is 1. The molecule has 0 bridgehead atoms. The van der Waals surface area contributed by atoms with Crippen LogP contribution in [-0.2, 0) is 0 Å². The van der Waals surface area contributed by atoms with Crippen LogP contribution in [0, 0.1) is 0 Å². The van der Waals surface area contributed by atoms with Crippen LogP contribution in [0.2, 0.25) is 0 Å². The van der Waals surface area contributed by atoms with Gasteiger partial charge in [-0.1, -0.05) is 36.4 Å². The highest BCUT2D eigenvalue weighted by Gasteiger charge is 2.10. The third-order valence-corrected chi connectivity index (χ3v) is 3.17. The molecule has 0 amide bonds. The summed E-state index contributed by atoms with van der Waals surface area (Å²) in [6.07, 6.45) is 2.82. The molecule has 0 spiro atoms. The third-order valence-electron chi connectivity index (χ3n) is 3.17. The topological polar surface area (TPSA) is 59.3 Å². The van der Waals surface area contributed by atoms with Crippen molar-refractivity contribution < 1.29 is 9.21 Å². The number of carbonyl (C=O) groups excluding carboxylic acids is 1. The van der Waals surface area contributed by atoms with E-state index in [1.807, 2.05) is 36.4 Å². The predicted molar refractivity (Wildman–Crippen MR) is 86.0 cm³/mol. The number of fused-ring (bicyclic) bond motifs is 1. The highest BCUT2D eigenvalue weighted by molar-refractivity contribution is 6.05. The number of carbonyl (C=O) groups is 1. The smallest absolute Gasteiger partial charge is 0.347 e. The van der Waals surface area contributed by atoms with Crippen molar-refractivity contribution in [3.8, 4) is 0 Å². The molecular weight excluding hydrogens is 278 g/mol.